The summed E-state index contributed by atoms with van der Waals surface area (Å²) in [6.07, 6.45) is 6.49. The largest absolute Gasteiger partial charge is 0.473 e. The van der Waals surface area contributed by atoms with Crippen LogP contribution in [0.25, 0.3) is 0 Å². The summed E-state index contributed by atoms with van der Waals surface area (Å²) in [5, 5.41) is 0. The van der Waals surface area contributed by atoms with Crippen LogP contribution in [-0.2, 0) is 11.3 Å². The van der Waals surface area contributed by atoms with Crippen LogP contribution in [0.2, 0.25) is 0 Å². The number of halogens is 2. The van der Waals surface area contributed by atoms with Gasteiger partial charge in [0.25, 0.3) is 0 Å². The fourth-order valence-corrected chi connectivity index (χ4v) is 3.60. The Labute approximate surface area is 144 Å². The van der Waals surface area contributed by atoms with Gasteiger partial charge in [0.15, 0.2) is 11.6 Å². The molecular formula is C18H19F2N3O2. The Morgan fingerprint density at radius 3 is 2.88 bits per heavy atom. The van der Waals surface area contributed by atoms with Crippen molar-refractivity contribution in [2.45, 2.75) is 31.1 Å². The molecule has 2 aliphatic heterocycles. The standard InChI is InChI=1S/C18H19F2N3O2/c19-15-2-1-13(7-16(15)20)10-23-11-18(12-23)8-14(3-6-24-18)25-17-9-21-4-5-22-17/h1-2,4-5,7,9,14H,3,6,8,10-12H2. The summed E-state index contributed by atoms with van der Waals surface area (Å²) in [4.78, 5) is 10.3. The van der Waals surface area contributed by atoms with Crippen LogP contribution in [0.3, 0.4) is 0 Å². The maximum absolute atomic E-state index is 13.3. The Morgan fingerprint density at radius 1 is 1.24 bits per heavy atom. The Balaban J connectivity index is 1.32. The van der Waals surface area contributed by atoms with Crippen LogP contribution in [0, 0.1) is 11.6 Å². The number of hydrogen-bond donors (Lipinski definition) is 0. The Bertz CT molecular complexity index is 738. The molecule has 0 saturated carbocycles. The van der Waals surface area contributed by atoms with Crippen LogP contribution in [0.1, 0.15) is 18.4 Å². The second-order valence-corrected chi connectivity index (χ2v) is 6.70. The third kappa shape index (κ3) is 3.62. The van der Waals surface area contributed by atoms with Gasteiger partial charge in [0.05, 0.1) is 18.4 Å². The molecule has 1 aromatic carbocycles. The molecule has 132 valence electrons. The van der Waals surface area contributed by atoms with Gasteiger partial charge in [-0.1, -0.05) is 6.07 Å². The summed E-state index contributed by atoms with van der Waals surface area (Å²) in [5.74, 6) is -1.09. The zero-order valence-electron chi connectivity index (χ0n) is 13.7. The van der Waals surface area contributed by atoms with Crippen molar-refractivity contribution in [1.29, 1.82) is 0 Å². The van der Waals surface area contributed by atoms with E-state index in [1.54, 1.807) is 24.7 Å². The lowest BCUT2D eigenvalue weighted by Crippen LogP contribution is -2.65. The minimum absolute atomic E-state index is 0.0517. The molecule has 5 nitrogen and oxygen atoms in total. The maximum Gasteiger partial charge on any atom is 0.232 e. The van der Waals surface area contributed by atoms with E-state index in [4.69, 9.17) is 9.47 Å². The molecule has 0 bridgehead atoms. The van der Waals surface area contributed by atoms with Crippen LogP contribution in [0.15, 0.2) is 36.8 Å². The zero-order chi connectivity index (χ0) is 17.3. The third-order valence-electron chi connectivity index (χ3n) is 4.69. The molecule has 1 aromatic heterocycles. The number of rotatable bonds is 4. The number of ether oxygens (including phenoxy) is 2. The van der Waals surface area contributed by atoms with Gasteiger partial charge in [-0.05, 0) is 17.7 Å². The summed E-state index contributed by atoms with van der Waals surface area (Å²) in [7, 11) is 0. The van der Waals surface area contributed by atoms with Crippen molar-refractivity contribution in [1.82, 2.24) is 14.9 Å². The smallest absolute Gasteiger partial charge is 0.232 e. The van der Waals surface area contributed by atoms with E-state index in [1.165, 1.54) is 12.1 Å². The van der Waals surface area contributed by atoms with E-state index in [1.807, 2.05) is 0 Å². The third-order valence-corrected chi connectivity index (χ3v) is 4.69. The minimum atomic E-state index is -0.816. The molecule has 0 amide bonds. The van der Waals surface area contributed by atoms with E-state index in [2.05, 4.69) is 14.9 Å². The first-order valence-electron chi connectivity index (χ1n) is 8.35. The fourth-order valence-electron chi connectivity index (χ4n) is 3.60. The van der Waals surface area contributed by atoms with Crippen molar-refractivity contribution < 1.29 is 18.3 Å². The first kappa shape index (κ1) is 16.4. The van der Waals surface area contributed by atoms with E-state index in [0.717, 1.165) is 31.5 Å². The molecule has 7 heteroatoms. The monoisotopic (exact) mass is 347 g/mol. The van der Waals surface area contributed by atoms with Crippen LogP contribution in [-0.4, -0.2) is 46.3 Å². The van der Waals surface area contributed by atoms with Gasteiger partial charge in [0.1, 0.15) is 6.10 Å². The Hall–Kier alpha value is -2.12. The van der Waals surface area contributed by atoms with Crippen LogP contribution < -0.4 is 4.74 Å². The van der Waals surface area contributed by atoms with E-state index < -0.39 is 11.6 Å². The number of nitrogens with zero attached hydrogens (tertiary/aromatic N) is 3. The second-order valence-electron chi connectivity index (χ2n) is 6.70. The van der Waals surface area contributed by atoms with E-state index in [0.29, 0.717) is 19.0 Å². The minimum Gasteiger partial charge on any atom is -0.473 e. The lowest BCUT2D eigenvalue weighted by Gasteiger charge is -2.53. The normalized spacial score (nSPS) is 22.6. The highest BCUT2D eigenvalue weighted by Crippen LogP contribution is 2.36. The molecule has 4 rings (SSSR count). The molecular weight excluding hydrogens is 328 g/mol. The molecule has 2 saturated heterocycles. The topological polar surface area (TPSA) is 47.5 Å². The highest BCUT2D eigenvalue weighted by molar-refractivity contribution is 5.19. The van der Waals surface area contributed by atoms with Gasteiger partial charge < -0.3 is 9.47 Å². The van der Waals surface area contributed by atoms with Gasteiger partial charge in [-0.3, -0.25) is 9.88 Å². The number of likely N-dealkylation sites (tertiary alicyclic amines) is 1. The van der Waals surface area contributed by atoms with Gasteiger partial charge in [-0.2, -0.15) is 0 Å². The number of aromatic nitrogens is 2. The molecule has 1 unspecified atom stereocenters. The van der Waals surface area contributed by atoms with Crippen molar-refractivity contribution in [3.05, 3.63) is 54.0 Å². The van der Waals surface area contributed by atoms with Crippen molar-refractivity contribution >= 4 is 0 Å². The summed E-state index contributed by atoms with van der Waals surface area (Å²) in [6, 6.07) is 4.04. The van der Waals surface area contributed by atoms with Gasteiger partial charge in [-0.25, -0.2) is 13.8 Å². The van der Waals surface area contributed by atoms with Crippen LogP contribution >= 0.6 is 0 Å². The average Bonchev–Trinajstić information content (AvgIpc) is 2.58. The fraction of sp³-hybridized carbons (Fsp3) is 0.444. The van der Waals surface area contributed by atoms with Gasteiger partial charge in [-0.15, -0.1) is 0 Å². The predicted octanol–water partition coefficient (Wildman–Crippen LogP) is 2.57. The second kappa shape index (κ2) is 6.65. The molecule has 3 heterocycles. The molecule has 25 heavy (non-hydrogen) atoms. The Morgan fingerprint density at radius 2 is 2.12 bits per heavy atom. The molecule has 0 N–H and O–H groups in total. The molecule has 0 aliphatic carbocycles. The quantitative estimate of drug-likeness (QED) is 0.851. The highest BCUT2D eigenvalue weighted by atomic mass is 19.2. The van der Waals surface area contributed by atoms with Gasteiger partial charge in [0, 0.05) is 44.9 Å². The summed E-state index contributed by atoms with van der Waals surface area (Å²) < 4.78 is 38.2. The lowest BCUT2D eigenvalue weighted by molar-refractivity contribution is -0.188. The first-order valence-corrected chi connectivity index (χ1v) is 8.35. The van der Waals surface area contributed by atoms with E-state index >= 15 is 0 Å². The van der Waals surface area contributed by atoms with Crippen molar-refractivity contribution in [3.8, 4) is 5.88 Å². The maximum atomic E-state index is 13.3. The summed E-state index contributed by atoms with van der Waals surface area (Å²) in [6.45, 7) is 2.74. The molecule has 1 spiro atoms. The Kier molecular flexibility index (Phi) is 4.35. The van der Waals surface area contributed by atoms with Crippen LogP contribution in [0.5, 0.6) is 5.88 Å². The zero-order valence-corrected chi connectivity index (χ0v) is 13.7. The highest BCUT2D eigenvalue weighted by Gasteiger charge is 2.48. The first-order chi connectivity index (χ1) is 12.1. The number of benzene rings is 1. The van der Waals surface area contributed by atoms with Crippen molar-refractivity contribution in [2.24, 2.45) is 0 Å². The average molecular weight is 347 g/mol. The molecule has 2 aliphatic rings. The SMILES string of the molecule is Fc1ccc(CN2CC3(CC(Oc4cnccn4)CCO3)C2)cc1F. The van der Waals surface area contributed by atoms with E-state index in [9.17, 15) is 8.78 Å². The number of hydrogen-bond acceptors (Lipinski definition) is 5. The van der Waals surface area contributed by atoms with Crippen molar-refractivity contribution in [3.63, 3.8) is 0 Å². The molecule has 2 aromatic rings. The van der Waals surface area contributed by atoms with Crippen molar-refractivity contribution in [2.75, 3.05) is 19.7 Å². The molecule has 1 atom stereocenters. The summed E-state index contributed by atoms with van der Waals surface area (Å²) >= 11 is 0. The van der Waals surface area contributed by atoms with Crippen LogP contribution in [0.4, 0.5) is 8.78 Å². The lowest BCUT2D eigenvalue weighted by atomic mass is 9.84. The predicted molar refractivity (Wildman–Crippen MR) is 86.0 cm³/mol. The summed E-state index contributed by atoms with van der Waals surface area (Å²) in [5.41, 5.74) is 0.542. The molecule has 0 radical (unpaired) electrons. The van der Waals surface area contributed by atoms with E-state index in [-0.39, 0.29) is 11.7 Å². The van der Waals surface area contributed by atoms with Gasteiger partial charge in [0.2, 0.25) is 5.88 Å². The van der Waals surface area contributed by atoms with Gasteiger partial charge >= 0.3 is 0 Å². The molecule has 2 fully saturated rings.